The highest BCUT2D eigenvalue weighted by Gasteiger charge is 2.15. The molecule has 2 aromatic rings. The van der Waals surface area contributed by atoms with Gasteiger partial charge in [0.2, 0.25) is 0 Å². The highest BCUT2D eigenvalue weighted by atomic mass is 127. The van der Waals surface area contributed by atoms with Gasteiger partial charge in [-0.1, -0.05) is 49.1 Å². The molecule has 22 heavy (non-hydrogen) atoms. The number of rotatable bonds is 5. The maximum atomic E-state index is 12.0. The van der Waals surface area contributed by atoms with Gasteiger partial charge in [-0.2, -0.15) is 0 Å². The average Bonchev–Trinajstić information content (AvgIpc) is 2.47. The van der Waals surface area contributed by atoms with Gasteiger partial charge in [0.05, 0.1) is 13.8 Å². The molecule has 0 radical (unpaired) electrons. The van der Waals surface area contributed by atoms with Crippen LogP contribution in [-0.2, 0) is 0 Å². The lowest BCUT2D eigenvalue weighted by atomic mass is 10.1. The van der Waals surface area contributed by atoms with Crippen LogP contribution in [0.5, 0.6) is 0 Å². The Labute approximate surface area is 146 Å². The molecule has 2 nitrogen and oxygen atoms in total. The summed E-state index contributed by atoms with van der Waals surface area (Å²) in [5, 5.41) is 1.42. The van der Waals surface area contributed by atoms with Crippen molar-refractivity contribution in [3.63, 3.8) is 0 Å². The molecule has 2 rings (SSSR count). The van der Waals surface area contributed by atoms with E-state index in [1.165, 1.54) is 5.19 Å². The van der Waals surface area contributed by atoms with E-state index in [9.17, 15) is 4.79 Å². The zero-order chi connectivity index (χ0) is 16.2. The second kappa shape index (κ2) is 7.33. The van der Waals surface area contributed by atoms with Crippen LogP contribution < -0.4 is 5.19 Å². The van der Waals surface area contributed by atoms with Gasteiger partial charge in [-0.05, 0) is 46.9 Å². The molecule has 0 saturated heterocycles. The summed E-state index contributed by atoms with van der Waals surface area (Å²) in [4.78, 5) is 16.4. The van der Waals surface area contributed by atoms with Crippen LogP contribution in [0.15, 0.2) is 53.5 Å². The Kier molecular flexibility index (Phi) is 5.69. The minimum atomic E-state index is -1.26. The second-order valence-corrected chi connectivity index (χ2v) is 12.6. The van der Waals surface area contributed by atoms with Crippen molar-refractivity contribution >= 4 is 53.5 Å². The van der Waals surface area contributed by atoms with Crippen LogP contribution in [0.25, 0.3) is 0 Å². The molecule has 0 unspecified atom stereocenters. The zero-order valence-electron chi connectivity index (χ0n) is 13.1. The van der Waals surface area contributed by atoms with Crippen molar-refractivity contribution in [2.24, 2.45) is 4.99 Å². The normalized spacial score (nSPS) is 11.8. The largest absolute Gasteiger partial charge is 0.294 e. The van der Waals surface area contributed by atoms with Crippen molar-refractivity contribution in [1.29, 1.82) is 0 Å². The van der Waals surface area contributed by atoms with E-state index in [2.05, 4.69) is 59.4 Å². The van der Waals surface area contributed by atoms with Gasteiger partial charge in [-0.15, -0.1) is 0 Å². The molecule has 114 valence electrons. The third-order valence-corrected chi connectivity index (χ3v) is 6.20. The molecule has 0 fully saturated rings. The first kappa shape index (κ1) is 17.1. The first-order valence-corrected chi connectivity index (χ1v) is 11.9. The monoisotopic (exact) mass is 421 g/mol. The fourth-order valence-corrected chi connectivity index (χ4v) is 3.56. The quantitative estimate of drug-likeness (QED) is 0.295. The average molecular weight is 421 g/mol. The van der Waals surface area contributed by atoms with Gasteiger partial charge in [0.15, 0.2) is 5.78 Å². The first-order valence-electron chi connectivity index (χ1n) is 7.28. The lowest BCUT2D eigenvalue weighted by Gasteiger charge is -2.16. The van der Waals surface area contributed by atoms with Gasteiger partial charge in [0.1, 0.15) is 0 Å². The molecule has 0 atom stereocenters. The summed E-state index contributed by atoms with van der Waals surface area (Å²) in [5.41, 5.74) is 1.64. The van der Waals surface area contributed by atoms with Crippen molar-refractivity contribution in [2.75, 3.05) is 0 Å². The minimum Gasteiger partial charge on any atom is -0.294 e. The fraction of sp³-hybridized carbons (Fsp3) is 0.222. The maximum absolute atomic E-state index is 12.0. The Morgan fingerprint density at radius 1 is 1.05 bits per heavy atom. The van der Waals surface area contributed by atoms with E-state index in [0.29, 0.717) is 6.42 Å². The first-order chi connectivity index (χ1) is 10.4. The van der Waals surface area contributed by atoms with Crippen molar-refractivity contribution in [3.05, 3.63) is 57.7 Å². The number of nitrogens with zero attached hydrogens (tertiary/aromatic N) is 1. The van der Waals surface area contributed by atoms with Crippen LogP contribution in [0.3, 0.4) is 0 Å². The molecule has 2 aromatic carbocycles. The smallest absolute Gasteiger partial charge is 0.168 e. The van der Waals surface area contributed by atoms with E-state index in [1.807, 2.05) is 36.4 Å². The second-order valence-electron chi connectivity index (χ2n) is 6.24. The Morgan fingerprint density at radius 3 is 2.18 bits per heavy atom. The highest BCUT2D eigenvalue weighted by Crippen LogP contribution is 2.12. The van der Waals surface area contributed by atoms with Crippen molar-refractivity contribution in [2.45, 2.75) is 26.1 Å². The van der Waals surface area contributed by atoms with Gasteiger partial charge in [0.25, 0.3) is 0 Å². The molecule has 0 heterocycles. The Hall–Kier alpha value is -1.27. The zero-order valence-corrected chi connectivity index (χ0v) is 16.3. The van der Waals surface area contributed by atoms with E-state index in [0.717, 1.165) is 14.8 Å². The molecule has 0 spiro atoms. The molecule has 0 aliphatic heterocycles. The van der Waals surface area contributed by atoms with E-state index in [4.69, 9.17) is 0 Å². The molecule has 0 saturated carbocycles. The van der Waals surface area contributed by atoms with Gasteiger partial charge in [0, 0.05) is 21.8 Å². The Balaban J connectivity index is 1.97. The predicted octanol–water partition coefficient (Wildman–Crippen LogP) is 4.81. The summed E-state index contributed by atoms with van der Waals surface area (Å²) < 4.78 is 1.13. The van der Waals surface area contributed by atoms with E-state index in [-0.39, 0.29) is 5.78 Å². The van der Waals surface area contributed by atoms with Gasteiger partial charge in [-0.25, -0.2) is 0 Å². The van der Waals surface area contributed by atoms with Gasteiger partial charge < -0.3 is 0 Å². The number of hydrogen-bond donors (Lipinski definition) is 0. The summed E-state index contributed by atoms with van der Waals surface area (Å²) in [5.74, 6) is 0.0962. The number of carbonyl (C=O) groups excluding carboxylic acids is 1. The van der Waals surface area contributed by atoms with Gasteiger partial charge >= 0.3 is 0 Å². The number of benzene rings is 2. The minimum absolute atomic E-state index is 0.0962. The summed E-state index contributed by atoms with van der Waals surface area (Å²) in [7, 11) is -1.26. The Morgan fingerprint density at radius 2 is 1.64 bits per heavy atom. The predicted molar refractivity (Wildman–Crippen MR) is 106 cm³/mol. The number of hydrogen-bond acceptors (Lipinski definition) is 2. The van der Waals surface area contributed by atoms with Crippen molar-refractivity contribution in [3.8, 4) is 0 Å². The number of carbonyl (C=O) groups is 1. The summed E-state index contributed by atoms with van der Waals surface area (Å²) >= 11 is 2.23. The van der Waals surface area contributed by atoms with Crippen LogP contribution >= 0.6 is 22.6 Å². The Bertz CT molecular complexity index is 670. The highest BCUT2D eigenvalue weighted by molar-refractivity contribution is 14.1. The standard InChI is InChI=1S/C18H20INOSi/c1-22(2,3)17-10-8-16(9-11-17)20-13-12-18(21)14-4-6-15(19)7-5-14/h4-11,13H,12H2,1-3H3. The van der Waals surface area contributed by atoms with Crippen LogP contribution in [0.4, 0.5) is 5.69 Å². The number of Topliss-reactive ketones (excluding diaryl/α,β-unsaturated/α-hetero) is 1. The summed E-state index contributed by atoms with van der Waals surface area (Å²) in [6, 6.07) is 16.0. The summed E-state index contributed by atoms with van der Waals surface area (Å²) in [6.07, 6.45) is 2.03. The molecule has 0 aliphatic rings. The summed E-state index contributed by atoms with van der Waals surface area (Å²) in [6.45, 7) is 6.97. The molecule has 0 aliphatic carbocycles. The van der Waals surface area contributed by atoms with Crippen LogP contribution in [0.2, 0.25) is 19.6 Å². The molecule has 0 aromatic heterocycles. The SMILES string of the molecule is C[Si](C)(C)c1ccc(N=CCC(=O)c2ccc(I)cc2)cc1. The maximum Gasteiger partial charge on any atom is 0.168 e. The van der Waals surface area contributed by atoms with Crippen LogP contribution in [-0.4, -0.2) is 20.1 Å². The molecule has 0 bridgehead atoms. The van der Waals surface area contributed by atoms with Crippen LogP contribution in [0, 0.1) is 3.57 Å². The fourth-order valence-electron chi connectivity index (χ4n) is 2.04. The topological polar surface area (TPSA) is 29.4 Å². The van der Waals surface area contributed by atoms with E-state index >= 15 is 0 Å². The van der Waals surface area contributed by atoms with Crippen molar-refractivity contribution < 1.29 is 4.79 Å². The molecular formula is C18H20INOSi. The van der Waals surface area contributed by atoms with Gasteiger partial charge in [-0.3, -0.25) is 9.79 Å². The van der Waals surface area contributed by atoms with Crippen LogP contribution in [0.1, 0.15) is 16.8 Å². The van der Waals surface area contributed by atoms with Crippen molar-refractivity contribution in [1.82, 2.24) is 0 Å². The molecular weight excluding hydrogens is 401 g/mol. The third kappa shape index (κ3) is 4.88. The van der Waals surface area contributed by atoms with E-state index in [1.54, 1.807) is 6.21 Å². The number of halogens is 1. The lowest BCUT2D eigenvalue weighted by molar-refractivity contribution is 0.100. The number of aliphatic imine (C=N–C) groups is 1. The molecule has 0 N–H and O–H groups in total. The third-order valence-electron chi connectivity index (χ3n) is 3.42. The van der Waals surface area contributed by atoms with E-state index < -0.39 is 8.07 Å². The number of ketones is 1. The molecule has 4 heteroatoms. The molecule has 0 amide bonds. The lowest BCUT2D eigenvalue weighted by Crippen LogP contribution is -2.37.